The van der Waals surface area contributed by atoms with E-state index in [1.165, 1.54) is 19.3 Å². The summed E-state index contributed by atoms with van der Waals surface area (Å²) in [6.45, 7) is 8.42. The zero-order valence-corrected chi connectivity index (χ0v) is 9.41. The van der Waals surface area contributed by atoms with Crippen LogP contribution in [-0.4, -0.2) is 48.4 Å². The fourth-order valence-electron chi connectivity index (χ4n) is 2.19. The summed E-state index contributed by atoms with van der Waals surface area (Å²) in [5.74, 6) is 0. The lowest BCUT2D eigenvalue weighted by Gasteiger charge is -2.37. The van der Waals surface area contributed by atoms with Crippen LogP contribution in [0.2, 0.25) is 0 Å². The van der Waals surface area contributed by atoms with Crippen molar-refractivity contribution in [2.75, 3.05) is 26.2 Å². The molecule has 3 nitrogen and oxygen atoms in total. The molecule has 1 atom stereocenters. The molecular weight excluding hydrogens is 176 g/mol. The van der Waals surface area contributed by atoms with Crippen molar-refractivity contribution < 1.29 is 4.79 Å². The molecule has 0 aliphatic carbocycles. The van der Waals surface area contributed by atoms with Crippen molar-refractivity contribution in [1.82, 2.24) is 9.80 Å². The van der Waals surface area contributed by atoms with Crippen molar-refractivity contribution in [2.45, 2.75) is 39.2 Å². The van der Waals surface area contributed by atoms with Crippen LogP contribution in [0.1, 0.15) is 33.1 Å². The standard InChI is InChI=1S/C11H22N2O/c1-3-5-11(4-2)13-8-6-12(10-14)7-9-13/h10-11H,3-9H2,1-2H3. The first-order chi connectivity index (χ1) is 6.81. The van der Waals surface area contributed by atoms with Crippen LogP contribution in [0.5, 0.6) is 0 Å². The van der Waals surface area contributed by atoms with Gasteiger partial charge >= 0.3 is 0 Å². The highest BCUT2D eigenvalue weighted by Gasteiger charge is 2.20. The maximum Gasteiger partial charge on any atom is 0.209 e. The number of rotatable bonds is 5. The van der Waals surface area contributed by atoms with Gasteiger partial charge in [-0.2, -0.15) is 0 Å². The van der Waals surface area contributed by atoms with E-state index in [0.717, 1.165) is 38.6 Å². The minimum absolute atomic E-state index is 0.730. The van der Waals surface area contributed by atoms with Gasteiger partial charge in [-0.3, -0.25) is 9.69 Å². The van der Waals surface area contributed by atoms with Gasteiger partial charge in [0.15, 0.2) is 0 Å². The van der Waals surface area contributed by atoms with Crippen molar-refractivity contribution in [3.05, 3.63) is 0 Å². The van der Waals surface area contributed by atoms with Crippen molar-refractivity contribution in [1.29, 1.82) is 0 Å². The van der Waals surface area contributed by atoms with Gasteiger partial charge in [0.2, 0.25) is 6.41 Å². The molecule has 1 unspecified atom stereocenters. The number of nitrogens with zero attached hydrogens (tertiary/aromatic N) is 2. The molecule has 0 aromatic heterocycles. The van der Waals surface area contributed by atoms with Gasteiger partial charge in [-0.1, -0.05) is 20.3 Å². The smallest absolute Gasteiger partial charge is 0.209 e. The van der Waals surface area contributed by atoms with Crippen molar-refractivity contribution in [2.24, 2.45) is 0 Å². The molecule has 0 radical (unpaired) electrons. The van der Waals surface area contributed by atoms with Gasteiger partial charge in [0, 0.05) is 32.2 Å². The lowest BCUT2D eigenvalue weighted by atomic mass is 10.1. The molecule has 1 fully saturated rings. The van der Waals surface area contributed by atoms with E-state index in [0.29, 0.717) is 0 Å². The summed E-state index contributed by atoms with van der Waals surface area (Å²) in [6.07, 6.45) is 4.75. The Labute approximate surface area is 87.1 Å². The lowest BCUT2D eigenvalue weighted by Crippen LogP contribution is -2.49. The molecule has 0 spiro atoms. The number of carbonyl (C=O) groups excluding carboxylic acids is 1. The monoisotopic (exact) mass is 198 g/mol. The molecule has 14 heavy (non-hydrogen) atoms. The average Bonchev–Trinajstić information content (AvgIpc) is 2.26. The van der Waals surface area contributed by atoms with E-state index in [9.17, 15) is 4.79 Å². The molecule has 0 bridgehead atoms. The Balaban J connectivity index is 2.34. The normalized spacial score (nSPS) is 20.9. The van der Waals surface area contributed by atoms with Crippen LogP contribution < -0.4 is 0 Å². The molecule has 3 heteroatoms. The second kappa shape index (κ2) is 6.02. The van der Waals surface area contributed by atoms with E-state index in [4.69, 9.17) is 0 Å². The molecule has 0 N–H and O–H groups in total. The lowest BCUT2D eigenvalue weighted by molar-refractivity contribution is -0.120. The Kier molecular flexibility index (Phi) is 4.94. The van der Waals surface area contributed by atoms with Crippen LogP contribution in [0.4, 0.5) is 0 Å². The van der Waals surface area contributed by atoms with Gasteiger partial charge in [0.05, 0.1) is 0 Å². The molecule has 0 aromatic rings. The molecule has 1 aliphatic heterocycles. The maximum absolute atomic E-state index is 10.5. The second-order valence-electron chi connectivity index (χ2n) is 4.03. The van der Waals surface area contributed by atoms with Crippen LogP contribution >= 0.6 is 0 Å². The Hall–Kier alpha value is -0.570. The van der Waals surface area contributed by atoms with Crippen LogP contribution in [-0.2, 0) is 4.79 Å². The van der Waals surface area contributed by atoms with Gasteiger partial charge in [0.25, 0.3) is 0 Å². The van der Waals surface area contributed by atoms with E-state index in [1.54, 1.807) is 0 Å². The minimum Gasteiger partial charge on any atom is -0.343 e. The molecule has 1 heterocycles. The van der Waals surface area contributed by atoms with Crippen LogP contribution in [0.25, 0.3) is 0 Å². The highest BCUT2D eigenvalue weighted by molar-refractivity contribution is 5.47. The average molecular weight is 198 g/mol. The minimum atomic E-state index is 0.730. The van der Waals surface area contributed by atoms with Gasteiger partial charge in [-0.05, 0) is 12.8 Å². The molecule has 0 saturated carbocycles. The van der Waals surface area contributed by atoms with Crippen molar-refractivity contribution in [3.63, 3.8) is 0 Å². The summed E-state index contributed by atoms with van der Waals surface area (Å²) in [6, 6.07) is 0.730. The van der Waals surface area contributed by atoms with Gasteiger partial charge in [-0.15, -0.1) is 0 Å². The zero-order chi connectivity index (χ0) is 10.4. The third-order valence-electron chi connectivity index (χ3n) is 3.11. The van der Waals surface area contributed by atoms with Crippen LogP contribution in [0, 0.1) is 0 Å². The molecule has 0 aromatic carbocycles. The fraction of sp³-hybridized carbons (Fsp3) is 0.909. The molecule has 82 valence electrons. The van der Waals surface area contributed by atoms with Crippen molar-refractivity contribution in [3.8, 4) is 0 Å². The Morgan fingerprint density at radius 2 is 1.86 bits per heavy atom. The zero-order valence-electron chi connectivity index (χ0n) is 9.41. The predicted molar refractivity (Wildman–Crippen MR) is 58.2 cm³/mol. The molecule has 1 aliphatic rings. The Morgan fingerprint density at radius 1 is 1.21 bits per heavy atom. The SMILES string of the molecule is CCCC(CC)N1CCN(C=O)CC1. The highest BCUT2D eigenvalue weighted by atomic mass is 16.1. The number of carbonyl (C=O) groups is 1. The molecule has 1 amide bonds. The Bertz CT molecular complexity index is 165. The maximum atomic E-state index is 10.5. The molecule has 1 saturated heterocycles. The Morgan fingerprint density at radius 3 is 2.29 bits per heavy atom. The van der Waals surface area contributed by atoms with Gasteiger partial charge in [-0.25, -0.2) is 0 Å². The second-order valence-corrected chi connectivity index (χ2v) is 4.03. The van der Waals surface area contributed by atoms with E-state index in [1.807, 2.05) is 4.90 Å². The summed E-state index contributed by atoms with van der Waals surface area (Å²) in [7, 11) is 0. The van der Waals surface area contributed by atoms with Crippen molar-refractivity contribution >= 4 is 6.41 Å². The highest BCUT2D eigenvalue weighted by Crippen LogP contribution is 2.13. The first kappa shape index (κ1) is 11.5. The third kappa shape index (κ3) is 2.98. The summed E-state index contributed by atoms with van der Waals surface area (Å²) in [4.78, 5) is 14.9. The quantitative estimate of drug-likeness (QED) is 0.622. The summed E-state index contributed by atoms with van der Waals surface area (Å²) < 4.78 is 0. The summed E-state index contributed by atoms with van der Waals surface area (Å²) >= 11 is 0. The summed E-state index contributed by atoms with van der Waals surface area (Å²) in [5.41, 5.74) is 0. The number of amides is 1. The molecule has 1 rings (SSSR count). The first-order valence-corrected chi connectivity index (χ1v) is 5.75. The van der Waals surface area contributed by atoms with Crippen LogP contribution in [0.15, 0.2) is 0 Å². The van der Waals surface area contributed by atoms with E-state index in [-0.39, 0.29) is 0 Å². The van der Waals surface area contributed by atoms with E-state index >= 15 is 0 Å². The first-order valence-electron chi connectivity index (χ1n) is 5.75. The van der Waals surface area contributed by atoms with Gasteiger partial charge < -0.3 is 4.90 Å². The predicted octanol–water partition coefficient (Wildman–Crippen LogP) is 1.34. The fourth-order valence-corrected chi connectivity index (χ4v) is 2.19. The van der Waals surface area contributed by atoms with E-state index in [2.05, 4.69) is 18.7 Å². The third-order valence-corrected chi connectivity index (χ3v) is 3.11. The summed E-state index contributed by atoms with van der Waals surface area (Å²) in [5, 5.41) is 0. The largest absolute Gasteiger partial charge is 0.343 e. The molecular formula is C11H22N2O. The van der Waals surface area contributed by atoms with Crippen LogP contribution in [0.3, 0.4) is 0 Å². The topological polar surface area (TPSA) is 23.6 Å². The number of piperazine rings is 1. The van der Waals surface area contributed by atoms with E-state index < -0.39 is 0 Å². The van der Waals surface area contributed by atoms with Gasteiger partial charge in [0.1, 0.15) is 0 Å². The number of hydrogen-bond donors (Lipinski definition) is 0. The number of hydrogen-bond acceptors (Lipinski definition) is 2.